The Bertz CT molecular complexity index is 992. The Hall–Kier alpha value is -2.22. The van der Waals surface area contributed by atoms with Gasteiger partial charge in [-0.2, -0.15) is 17.0 Å². The van der Waals surface area contributed by atoms with Crippen molar-refractivity contribution >= 4 is 16.1 Å². The smallest absolute Gasteiger partial charge is 0.282 e. The van der Waals surface area contributed by atoms with E-state index in [1.54, 1.807) is 0 Å². The number of carbonyl (C=O) groups excluding carboxylic acids is 1. The lowest BCUT2D eigenvalue weighted by Gasteiger charge is -2.34. The quantitative estimate of drug-likeness (QED) is 0.681. The lowest BCUT2D eigenvalue weighted by atomic mass is 10.1. The number of nitrogens with zero attached hydrogens (tertiary/aromatic N) is 2. The number of amides is 1. The Morgan fingerprint density at radius 3 is 2.52 bits per heavy atom. The molecule has 1 N–H and O–H groups in total. The van der Waals surface area contributed by atoms with Crippen molar-refractivity contribution in [2.75, 3.05) is 19.6 Å². The number of carbonyl (C=O) groups is 1. The normalized spacial score (nSPS) is 17.9. The van der Waals surface area contributed by atoms with Gasteiger partial charge in [-0.3, -0.25) is 4.79 Å². The van der Waals surface area contributed by atoms with Gasteiger partial charge >= 0.3 is 0 Å². The molecule has 0 bridgehead atoms. The zero-order chi connectivity index (χ0) is 22.4. The second-order valence-corrected chi connectivity index (χ2v) is 10.4. The highest BCUT2D eigenvalue weighted by atomic mass is 32.2. The molecule has 31 heavy (non-hydrogen) atoms. The molecule has 1 fully saturated rings. The maximum atomic E-state index is 13.1. The van der Waals surface area contributed by atoms with Crippen molar-refractivity contribution in [3.8, 4) is 0 Å². The highest BCUT2D eigenvalue weighted by molar-refractivity contribution is 7.86. The van der Waals surface area contributed by atoms with Crippen LogP contribution in [0.1, 0.15) is 42.0 Å². The number of hydrogen-bond acceptors (Lipinski definition) is 3. The molecule has 0 unspecified atom stereocenters. The van der Waals surface area contributed by atoms with Crippen LogP contribution in [0, 0.1) is 13.8 Å². The SMILES string of the molecule is Cc1ccc(C)c(CN2CCCN(CC(=O)N[C@H](C)CCc3ccccc3)S2(=O)=O)c1. The minimum Gasteiger partial charge on any atom is -0.352 e. The van der Waals surface area contributed by atoms with Gasteiger partial charge in [0.1, 0.15) is 0 Å². The number of nitrogens with one attached hydrogen (secondary N) is 1. The van der Waals surface area contributed by atoms with E-state index >= 15 is 0 Å². The molecule has 6 nitrogen and oxygen atoms in total. The van der Waals surface area contributed by atoms with Crippen molar-refractivity contribution < 1.29 is 13.2 Å². The first kappa shape index (κ1) is 23.4. The molecule has 7 heteroatoms. The summed E-state index contributed by atoms with van der Waals surface area (Å²) >= 11 is 0. The summed E-state index contributed by atoms with van der Waals surface area (Å²) in [5, 5.41) is 2.95. The van der Waals surface area contributed by atoms with Crippen LogP contribution in [0.25, 0.3) is 0 Å². The maximum Gasteiger partial charge on any atom is 0.282 e. The first-order valence-corrected chi connectivity index (χ1v) is 12.3. The molecule has 0 aromatic heterocycles. The molecule has 3 rings (SSSR count). The fourth-order valence-electron chi connectivity index (χ4n) is 3.88. The second kappa shape index (κ2) is 10.4. The molecule has 2 aromatic carbocycles. The molecule has 0 saturated carbocycles. The maximum absolute atomic E-state index is 13.1. The Morgan fingerprint density at radius 1 is 1.06 bits per heavy atom. The molecule has 0 spiro atoms. The van der Waals surface area contributed by atoms with E-state index in [1.807, 2.05) is 57.2 Å². The predicted octanol–water partition coefficient (Wildman–Crippen LogP) is 3.19. The van der Waals surface area contributed by atoms with E-state index in [0.717, 1.165) is 29.5 Å². The Labute approximate surface area is 186 Å². The van der Waals surface area contributed by atoms with E-state index in [2.05, 4.69) is 17.4 Å². The van der Waals surface area contributed by atoms with Gasteiger partial charge in [0.15, 0.2) is 0 Å². The van der Waals surface area contributed by atoms with Crippen molar-refractivity contribution in [2.24, 2.45) is 0 Å². The van der Waals surface area contributed by atoms with Gasteiger partial charge in [-0.05, 0) is 56.7 Å². The Balaban J connectivity index is 1.56. The molecule has 1 amide bonds. The third-order valence-electron chi connectivity index (χ3n) is 5.76. The average Bonchev–Trinajstić information content (AvgIpc) is 2.73. The van der Waals surface area contributed by atoms with Gasteiger partial charge in [0.25, 0.3) is 10.2 Å². The van der Waals surface area contributed by atoms with Crippen molar-refractivity contribution in [1.29, 1.82) is 0 Å². The summed E-state index contributed by atoms with van der Waals surface area (Å²) in [5.74, 6) is -0.252. The largest absolute Gasteiger partial charge is 0.352 e. The summed E-state index contributed by atoms with van der Waals surface area (Å²) in [5.41, 5.74) is 4.41. The van der Waals surface area contributed by atoms with Gasteiger partial charge in [0.05, 0.1) is 6.54 Å². The topological polar surface area (TPSA) is 69.7 Å². The fraction of sp³-hybridized carbons (Fsp3) is 0.458. The fourth-order valence-corrected chi connectivity index (χ4v) is 5.51. The first-order valence-electron chi connectivity index (χ1n) is 10.9. The van der Waals surface area contributed by atoms with Crippen LogP contribution in [0.4, 0.5) is 0 Å². The molecular formula is C24H33N3O3S. The molecule has 0 radical (unpaired) electrons. The number of rotatable bonds is 8. The van der Waals surface area contributed by atoms with E-state index in [9.17, 15) is 13.2 Å². The number of aryl methyl sites for hydroxylation is 3. The standard InChI is InChI=1S/C24H33N3O3S/c1-19-10-11-20(2)23(16-19)17-26-14-7-15-27(31(26,29)30)18-24(28)25-21(3)12-13-22-8-5-4-6-9-22/h4-6,8-11,16,21H,7,12-15,17-18H2,1-3H3,(H,25,28)/t21-/m1/s1. The zero-order valence-electron chi connectivity index (χ0n) is 18.7. The monoisotopic (exact) mass is 443 g/mol. The van der Waals surface area contributed by atoms with Crippen molar-refractivity contribution in [2.45, 2.75) is 52.6 Å². The molecule has 1 aliphatic heterocycles. The summed E-state index contributed by atoms with van der Waals surface area (Å²) in [6, 6.07) is 16.2. The molecule has 168 valence electrons. The van der Waals surface area contributed by atoms with Gasteiger partial charge in [-0.15, -0.1) is 0 Å². The summed E-state index contributed by atoms with van der Waals surface area (Å²) in [6.45, 7) is 7.00. The Morgan fingerprint density at radius 2 is 1.77 bits per heavy atom. The lowest BCUT2D eigenvalue weighted by Crippen LogP contribution is -2.52. The number of hydrogen-bond donors (Lipinski definition) is 1. The highest BCUT2D eigenvalue weighted by Gasteiger charge is 2.35. The van der Waals surface area contributed by atoms with Gasteiger partial charge in [-0.25, -0.2) is 0 Å². The van der Waals surface area contributed by atoms with E-state index in [1.165, 1.54) is 14.2 Å². The second-order valence-electron chi connectivity index (χ2n) is 8.45. The molecule has 1 aliphatic rings. The zero-order valence-corrected chi connectivity index (χ0v) is 19.5. The van der Waals surface area contributed by atoms with Crippen LogP contribution in [0.15, 0.2) is 48.5 Å². The van der Waals surface area contributed by atoms with Crippen LogP contribution >= 0.6 is 0 Å². The molecule has 1 heterocycles. The van der Waals surface area contributed by atoms with Crippen LogP contribution in [-0.2, 0) is 28.0 Å². The van der Waals surface area contributed by atoms with Crippen molar-refractivity contribution in [1.82, 2.24) is 13.9 Å². The number of benzene rings is 2. The van der Waals surface area contributed by atoms with E-state index < -0.39 is 10.2 Å². The van der Waals surface area contributed by atoms with Gasteiger partial charge in [-0.1, -0.05) is 54.1 Å². The van der Waals surface area contributed by atoms with E-state index in [0.29, 0.717) is 26.1 Å². The van der Waals surface area contributed by atoms with E-state index in [4.69, 9.17) is 0 Å². The lowest BCUT2D eigenvalue weighted by molar-refractivity contribution is -0.122. The highest BCUT2D eigenvalue weighted by Crippen LogP contribution is 2.21. The van der Waals surface area contributed by atoms with Gasteiger partial charge in [0, 0.05) is 25.7 Å². The molecule has 0 aliphatic carbocycles. The molecular weight excluding hydrogens is 410 g/mol. The van der Waals surface area contributed by atoms with Gasteiger partial charge in [0.2, 0.25) is 5.91 Å². The van der Waals surface area contributed by atoms with Crippen molar-refractivity contribution in [3.63, 3.8) is 0 Å². The summed E-state index contributed by atoms with van der Waals surface area (Å²) in [4.78, 5) is 12.5. The summed E-state index contributed by atoms with van der Waals surface area (Å²) < 4.78 is 29.0. The molecule has 1 atom stereocenters. The summed E-state index contributed by atoms with van der Waals surface area (Å²) in [6.07, 6.45) is 2.39. The van der Waals surface area contributed by atoms with Crippen LogP contribution in [-0.4, -0.2) is 48.6 Å². The predicted molar refractivity (Wildman–Crippen MR) is 124 cm³/mol. The minimum atomic E-state index is -3.67. The van der Waals surface area contributed by atoms with Crippen LogP contribution in [0.2, 0.25) is 0 Å². The third-order valence-corrected chi connectivity index (χ3v) is 7.68. The van der Waals surface area contributed by atoms with Crippen LogP contribution < -0.4 is 5.32 Å². The van der Waals surface area contributed by atoms with Crippen molar-refractivity contribution in [3.05, 3.63) is 70.8 Å². The average molecular weight is 444 g/mol. The van der Waals surface area contributed by atoms with Crippen LogP contribution in [0.3, 0.4) is 0 Å². The minimum absolute atomic E-state index is 0.0220. The summed E-state index contributed by atoms with van der Waals surface area (Å²) in [7, 11) is -3.67. The van der Waals surface area contributed by atoms with E-state index in [-0.39, 0.29) is 18.5 Å². The van der Waals surface area contributed by atoms with Crippen LogP contribution in [0.5, 0.6) is 0 Å². The third kappa shape index (κ3) is 6.38. The Kier molecular flexibility index (Phi) is 7.86. The molecule has 1 saturated heterocycles. The first-order chi connectivity index (χ1) is 14.8. The molecule has 2 aromatic rings. The van der Waals surface area contributed by atoms with Gasteiger partial charge < -0.3 is 5.32 Å².